The molecule has 2 nitrogen and oxygen atoms in total. The summed E-state index contributed by atoms with van der Waals surface area (Å²) < 4.78 is 12.4. The van der Waals surface area contributed by atoms with E-state index in [4.69, 9.17) is 0 Å². The van der Waals surface area contributed by atoms with Crippen molar-refractivity contribution in [3.05, 3.63) is 35.6 Å². The molecule has 0 aliphatic heterocycles. The summed E-state index contributed by atoms with van der Waals surface area (Å²) in [6, 6.07) is 5.45. The van der Waals surface area contributed by atoms with Crippen LogP contribution in [0.4, 0.5) is 4.39 Å². The molecule has 1 N–H and O–H groups in total. The third-order valence-corrected chi connectivity index (χ3v) is 1.44. The quantitative estimate of drug-likeness (QED) is 0.783. The van der Waals surface area contributed by atoms with Gasteiger partial charge in [-0.25, -0.2) is 4.39 Å². The molecule has 0 unspecified atom stereocenters. The first-order valence-corrected chi connectivity index (χ1v) is 3.78. The molecule has 0 atom stereocenters. The minimum Gasteiger partial charge on any atom is -0.352 e. The van der Waals surface area contributed by atoms with E-state index in [1.165, 1.54) is 24.3 Å². The molecule has 0 spiro atoms. The molecule has 0 radical (unpaired) electrons. The van der Waals surface area contributed by atoms with Gasteiger partial charge >= 0.3 is 0 Å². The van der Waals surface area contributed by atoms with Gasteiger partial charge in [-0.05, 0) is 31.2 Å². The maximum Gasteiger partial charge on any atom is 0.251 e. The van der Waals surface area contributed by atoms with Crippen LogP contribution >= 0.6 is 12.4 Å². The summed E-state index contributed by atoms with van der Waals surface area (Å²) in [5.41, 5.74) is 0.484. The molecule has 0 aromatic heterocycles. The zero-order chi connectivity index (χ0) is 8.97. The third-order valence-electron chi connectivity index (χ3n) is 1.44. The monoisotopic (exact) mass is 203 g/mol. The summed E-state index contributed by atoms with van der Waals surface area (Å²) >= 11 is 0. The first-order chi connectivity index (χ1) is 5.74. The Kier molecular flexibility index (Phi) is 5.07. The maximum absolute atomic E-state index is 12.4. The van der Waals surface area contributed by atoms with Gasteiger partial charge in [-0.15, -0.1) is 12.4 Å². The van der Waals surface area contributed by atoms with Gasteiger partial charge in [0.2, 0.25) is 0 Å². The summed E-state index contributed by atoms with van der Waals surface area (Å²) in [5.74, 6) is -0.499. The van der Waals surface area contributed by atoms with Crippen molar-refractivity contribution >= 4 is 18.3 Å². The maximum atomic E-state index is 12.4. The smallest absolute Gasteiger partial charge is 0.251 e. The van der Waals surface area contributed by atoms with Gasteiger partial charge in [0.1, 0.15) is 5.82 Å². The third kappa shape index (κ3) is 3.42. The van der Waals surface area contributed by atoms with Gasteiger partial charge in [-0.3, -0.25) is 4.79 Å². The van der Waals surface area contributed by atoms with Crippen molar-refractivity contribution in [2.24, 2.45) is 0 Å². The molecule has 1 aromatic rings. The van der Waals surface area contributed by atoms with E-state index in [0.717, 1.165) is 0 Å². The van der Waals surface area contributed by atoms with Gasteiger partial charge in [0.15, 0.2) is 0 Å². The van der Waals surface area contributed by atoms with Crippen LogP contribution in [-0.4, -0.2) is 12.5 Å². The Morgan fingerprint density at radius 3 is 2.38 bits per heavy atom. The van der Waals surface area contributed by atoms with Crippen LogP contribution in [-0.2, 0) is 0 Å². The topological polar surface area (TPSA) is 29.1 Å². The van der Waals surface area contributed by atoms with Crippen molar-refractivity contribution in [1.82, 2.24) is 5.32 Å². The zero-order valence-electron chi connectivity index (χ0n) is 7.21. The van der Waals surface area contributed by atoms with Crippen LogP contribution in [0.3, 0.4) is 0 Å². The second-order valence-electron chi connectivity index (χ2n) is 2.37. The fourth-order valence-electron chi connectivity index (χ4n) is 0.864. The Labute approximate surface area is 82.6 Å². The highest BCUT2D eigenvalue weighted by Gasteiger charge is 2.02. The van der Waals surface area contributed by atoms with Crippen LogP contribution in [0.25, 0.3) is 0 Å². The number of hydrogen-bond donors (Lipinski definition) is 1. The summed E-state index contributed by atoms with van der Waals surface area (Å²) in [6.45, 7) is 2.41. The SMILES string of the molecule is CCNC(=O)c1ccc(F)cc1.Cl. The molecule has 1 rings (SSSR count). The summed E-state index contributed by atoms with van der Waals surface area (Å²) in [4.78, 5) is 11.1. The normalized spacial score (nSPS) is 8.77. The predicted octanol–water partition coefficient (Wildman–Crippen LogP) is 2.00. The number of rotatable bonds is 2. The number of nitrogens with one attached hydrogen (secondary N) is 1. The minimum atomic E-state index is -0.331. The van der Waals surface area contributed by atoms with E-state index in [1.54, 1.807) is 0 Å². The van der Waals surface area contributed by atoms with Crippen molar-refractivity contribution in [3.8, 4) is 0 Å². The molecule has 0 aliphatic rings. The van der Waals surface area contributed by atoms with Crippen LogP contribution in [0.2, 0.25) is 0 Å². The van der Waals surface area contributed by atoms with Gasteiger partial charge in [-0.1, -0.05) is 0 Å². The Hall–Kier alpha value is -1.09. The molecule has 0 saturated heterocycles. The molecular formula is C9H11ClFNO. The zero-order valence-corrected chi connectivity index (χ0v) is 8.03. The van der Waals surface area contributed by atoms with Crippen LogP contribution in [0.15, 0.2) is 24.3 Å². The highest BCUT2D eigenvalue weighted by molar-refractivity contribution is 5.94. The lowest BCUT2D eigenvalue weighted by atomic mass is 10.2. The first kappa shape index (κ1) is 11.9. The van der Waals surface area contributed by atoms with Crippen molar-refractivity contribution in [2.45, 2.75) is 6.92 Å². The predicted molar refractivity (Wildman–Crippen MR) is 51.7 cm³/mol. The van der Waals surface area contributed by atoms with Crippen LogP contribution in [0, 0.1) is 5.82 Å². The number of carbonyl (C=O) groups is 1. The van der Waals surface area contributed by atoms with Crippen LogP contribution in [0.1, 0.15) is 17.3 Å². The van der Waals surface area contributed by atoms with Crippen molar-refractivity contribution in [1.29, 1.82) is 0 Å². The average Bonchev–Trinajstić information content (AvgIpc) is 2.06. The van der Waals surface area contributed by atoms with E-state index in [0.29, 0.717) is 12.1 Å². The number of hydrogen-bond acceptors (Lipinski definition) is 1. The molecule has 13 heavy (non-hydrogen) atoms. The van der Waals surface area contributed by atoms with Crippen molar-refractivity contribution in [3.63, 3.8) is 0 Å². The van der Waals surface area contributed by atoms with Gasteiger partial charge in [0.05, 0.1) is 0 Å². The number of halogens is 2. The van der Waals surface area contributed by atoms with Crippen molar-refractivity contribution in [2.75, 3.05) is 6.54 Å². The van der Waals surface area contributed by atoms with E-state index in [-0.39, 0.29) is 24.1 Å². The highest BCUT2D eigenvalue weighted by Crippen LogP contribution is 2.01. The molecular weight excluding hydrogens is 193 g/mol. The molecule has 4 heteroatoms. The average molecular weight is 204 g/mol. The van der Waals surface area contributed by atoms with Gasteiger partial charge < -0.3 is 5.32 Å². The molecule has 0 heterocycles. The first-order valence-electron chi connectivity index (χ1n) is 3.78. The Balaban J connectivity index is 0.00000144. The summed E-state index contributed by atoms with van der Waals surface area (Å²) in [6.07, 6.45) is 0. The number of benzene rings is 1. The van der Waals surface area contributed by atoms with E-state index in [9.17, 15) is 9.18 Å². The van der Waals surface area contributed by atoms with E-state index in [2.05, 4.69) is 5.32 Å². The summed E-state index contributed by atoms with van der Waals surface area (Å²) in [7, 11) is 0. The van der Waals surface area contributed by atoms with Crippen LogP contribution < -0.4 is 5.32 Å². The Morgan fingerprint density at radius 1 is 1.38 bits per heavy atom. The molecule has 1 amide bonds. The Bertz CT molecular complexity index is 273. The summed E-state index contributed by atoms with van der Waals surface area (Å²) in [5, 5.41) is 2.62. The lowest BCUT2D eigenvalue weighted by molar-refractivity contribution is 0.0956. The Morgan fingerprint density at radius 2 is 1.92 bits per heavy atom. The van der Waals surface area contributed by atoms with Crippen LogP contribution in [0.5, 0.6) is 0 Å². The molecule has 0 aliphatic carbocycles. The molecule has 0 bridgehead atoms. The second-order valence-corrected chi connectivity index (χ2v) is 2.37. The largest absolute Gasteiger partial charge is 0.352 e. The minimum absolute atomic E-state index is 0. The van der Waals surface area contributed by atoms with Crippen molar-refractivity contribution < 1.29 is 9.18 Å². The van der Waals surface area contributed by atoms with E-state index >= 15 is 0 Å². The number of carbonyl (C=O) groups excluding carboxylic acids is 1. The molecule has 1 aromatic carbocycles. The van der Waals surface area contributed by atoms with Gasteiger partial charge in [-0.2, -0.15) is 0 Å². The fourth-order valence-corrected chi connectivity index (χ4v) is 0.864. The standard InChI is InChI=1S/C9H10FNO.ClH/c1-2-11-9(12)7-3-5-8(10)6-4-7;/h3-6H,2H2,1H3,(H,11,12);1H. The molecule has 0 fully saturated rings. The lowest BCUT2D eigenvalue weighted by Crippen LogP contribution is -2.22. The second kappa shape index (κ2) is 5.54. The van der Waals surface area contributed by atoms with E-state index < -0.39 is 0 Å². The van der Waals surface area contributed by atoms with Gasteiger partial charge in [0, 0.05) is 12.1 Å². The molecule has 72 valence electrons. The van der Waals surface area contributed by atoms with Gasteiger partial charge in [0.25, 0.3) is 5.91 Å². The fraction of sp³-hybridized carbons (Fsp3) is 0.222. The van der Waals surface area contributed by atoms with E-state index in [1.807, 2.05) is 6.92 Å². The molecule has 0 saturated carbocycles. The lowest BCUT2D eigenvalue weighted by Gasteiger charge is -2.00. The number of amides is 1. The highest BCUT2D eigenvalue weighted by atomic mass is 35.5.